The summed E-state index contributed by atoms with van der Waals surface area (Å²) in [6, 6.07) is 8.11. The molecule has 4 rings (SSSR count). The van der Waals surface area contributed by atoms with E-state index in [1.54, 1.807) is 12.1 Å². The predicted octanol–water partition coefficient (Wildman–Crippen LogP) is 2.84. The minimum Gasteiger partial charge on any atom is -0.440 e. The third kappa shape index (κ3) is 5.11. The lowest BCUT2D eigenvalue weighted by Gasteiger charge is -2.29. The van der Waals surface area contributed by atoms with Crippen LogP contribution in [0.3, 0.4) is 0 Å². The van der Waals surface area contributed by atoms with E-state index in [1.165, 1.54) is 21.9 Å². The van der Waals surface area contributed by atoms with Crippen molar-refractivity contribution in [3.05, 3.63) is 52.9 Å². The number of carbonyl (C=O) groups is 4. The van der Waals surface area contributed by atoms with Crippen molar-refractivity contribution in [2.24, 2.45) is 5.92 Å². The molecule has 3 unspecified atom stereocenters. The standard InChI is InChI=1S/C26H31ClN4O5/c1-15(2)13-18(28-24(33)16-5-7-17(8-6-16)29(3)4)25(34)30-12-11-19-23(30)20(32)14-31(19)26(35)21-9-10-22(27)36-21/h5-10,15,18-19,23H,11-14H2,1-4H3,(H,28,33). The van der Waals surface area contributed by atoms with E-state index in [-0.39, 0.29) is 41.0 Å². The van der Waals surface area contributed by atoms with Crippen molar-refractivity contribution >= 4 is 40.8 Å². The molecule has 2 aliphatic heterocycles. The molecule has 1 aromatic carbocycles. The van der Waals surface area contributed by atoms with Gasteiger partial charge in [0.15, 0.2) is 16.8 Å². The van der Waals surface area contributed by atoms with Crippen LogP contribution in [-0.4, -0.2) is 78.6 Å². The summed E-state index contributed by atoms with van der Waals surface area (Å²) in [6.07, 6.45) is 0.895. The van der Waals surface area contributed by atoms with E-state index in [1.807, 2.05) is 45.0 Å². The van der Waals surface area contributed by atoms with Crippen LogP contribution in [0, 0.1) is 5.92 Å². The van der Waals surface area contributed by atoms with Gasteiger partial charge < -0.3 is 24.4 Å². The van der Waals surface area contributed by atoms with Gasteiger partial charge in [-0.05, 0) is 66.8 Å². The van der Waals surface area contributed by atoms with E-state index < -0.39 is 24.0 Å². The molecule has 2 aromatic rings. The van der Waals surface area contributed by atoms with Crippen LogP contribution in [0.5, 0.6) is 0 Å². The number of carbonyl (C=O) groups excluding carboxylic acids is 4. The highest BCUT2D eigenvalue weighted by Crippen LogP contribution is 2.32. The van der Waals surface area contributed by atoms with E-state index in [4.69, 9.17) is 16.0 Å². The molecule has 0 spiro atoms. The number of benzene rings is 1. The fourth-order valence-electron chi connectivity index (χ4n) is 4.96. The molecule has 0 bridgehead atoms. The summed E-state index contributed by atoms with van der Waals surface area (Å²) in [5.74, 6) is -1.09. The van der Waals surface area contributed by atoms with E-state index in [0.717, 1.165) is 5.69 Å². The van der Waals surface area contributed by atoms with Crippen molar-refractivity contribution in [2.45, 2.75) is 44.8 Å². The number of hydrogen-bond donors (Lipinski definition) is 1. The zero-order valence-corrected chi connectivity index (χ0v) is 21.6. The summed E-state index contributed by atoms with van der Waals surface area (Å²) in [6.45, 7) is 4.17. The number of hydrogen-bond acceptors (Lipinski definition) is 6. The van der Waals surface area contributed by atoms with Crippen LogP contribution in [0.1, 0.15) is 47.6 Å². The molecular formula is C26H31ClN4O5. The van der Waals surface area contributed by atoms with E-state index >= 15 is 0 Å². The van der Waals surface area contributed by atoms with Gasteiger partial charge in [0.05, 0.1) is 12.6 Å². The first-order valence-corrected chi connectivity index (χ1v) is 12.4. The number of nitrogens with one attached hydrogen (secondary N) is 1. The summed E-state index contributed by atoms with van der Waals surface area (Å²) in [7, 11) is 3.83. The quantitative estimate of drug-likeness (QED) is 0.609. The van der Waals surface area contributed by atoms with Gasteiger partial charge in [-0.2, -0.15) is 0 Å². The summed E-state index contributed by atoms with van der Waals surface area (Å²) in [5, 5.41) is 2.97. The SMILES string of the molecule is CC(C)CC(NC(=O)c1ccc(N(C)C)cc1)C(=O)N1CCC2C1C(=O)CN2C(=O)c1ccc(Cl)o1. The molecule has 0 saturated carbocycles. The van der Waals surface area contributed by atoms with Crippen molar-refractivity contribution in [3.63, 3.8) is 0 Å². The number of halogens is 1. The van der Waals surface area contributed by atoms with Gasteiger partial charge in [-0.1, -0.05) is 13.8 Å². The zero-order chi connectivity index (χ0) is 26.1. The van der Waals surface area contributed by atoms with E-state index in [9.17, 15) is 19.2 Å². The minimum absolute atomic E-state index is 0.0588. The smallest absolute Gasteiger partial charge is 0.290 e. The number of amides is 3. The minimum atomic E-state index is -0.786. The first kappa shape index (κ1) is 25.8. The molecule has 2 aliphatic rings. The lowest BCUT2D eigenvalue weighted by molar-refractivity contribution is -0.138. The van der Waals surface area contributed by atoms with Crippen molar-refractivity contribution in [3.8, 4) is 0 Å². The Bertz CT molecular complexity index is 1160. The average Bonchev–Trinajstić information content (AvgIpc) is 3.54. The van der Waals surface area contributed by atoms with Gasteiger partial charge in [0.2, 0.25) is 5.91 Å². The molecule has 3 heterocycles. The molecule has 3 amide bonds. The van der Waals surface area contributed by atoms with E-state index in [0.29, 0.717) is 24.9 Å². The van der Waals surface area contributed by atoms with Gasteiger partial charge in [0.1, 0.15) is 12.1 Å². The molecule has 192 valence electrons. The van der Waals surface area contributed by atoms with Gasteiger partial charge in [-0.3, -0.25) is 19.2 Å². The number of nitrogens with zero attached hydrogens (tertiary/aromatic N) is 3. The van der Waals surface area contributed by atoms with Crippen LogP contribution in [0.15, 0.2) is 40.8 Å². The lowest BCUT2D eigenvalue weighted by atomic mass is 10.0. The highest BCUT2D eigenvalue weighted by molar-refractivity contribution is 6.29. The number of furan rings is 1. The summed E-state index contributed by atoms with van der Waals surface area (Å²) < 4.78 is 5.24. The molecule has 2 fully saturated rings. The van der Waals surface area contributed by atoms with Crippen LogP contribution < -0.4 is 10.2 Å². The molecule has 10 heteroatoms. The fourth-order valence-corrected chi connectivity index (χ4v) is 5.10. The third-order valence-corrected chi connectivity index (χ3v) is 6.91. The van der Waals surface area contributed by atoms with Crippen molar-refractivity contribution < 1.29 is 23.6 Å². The van der Waals surface area contributed by atoms with Gasteiger partial charge in [-0.25, -0.2) is 0 Å². The van der Waals surface area contributed by atoms with Gasteiger partial charge in [0.25, 0.3) is 11.8 Å². The maximum Gasteiger partial charge on any atom is 0.290 e. The Labute approximate surface area is 215 Å². The Hall–Kier alpha value is -3.33. The van der Waals surface area contributed by atoms with Gasteiger partial charge in [0, 0.05) is 31.9 Å². The maximum atomic E-state index is 13.6. The number of likely N-dealkylation sites (tertiary alicyclic amines) is 2. The Morgan fingerprint density at radius 3 is 2.39 bits per heavy atom. The topological polar surface area (TPSA) is 103 Å². The van der Waals surface area contributed by atoms with Crippen LogP contribution in [0.4, 0.5) is 5.69 Å². The number of ketones is 1. The largest absolute Gasteiger partial charge is 0.440 e. The molecule has 3 atom stereocenters. The Kier molecular flexibility index (Phi) is 7.40. The van der Waals surface area contributed by atoms with Gasteiger partial charge >= 0.3 is 0 Å². The molecule has 0 radical (unpaired) electrons. The second kappa shape index (κ2) is 10.3. The Morgan fingerprint density at radius 2 is 1.81 bits per heavy atom. The molecule has 1 N–H and O–H groups in total. The molecule has 36 heavy (non-hydrogen) atoms. The molecule has 0 aliphatic carbocycles. The normalized spacial score (nSPS) is 20.0. The Morgan fingerprint density at radius 1 is 1.11 bits per heavy atom. The molecule has 1 aromatic heterocycles. The zero-order valence-electron chi connectivity index (χ0n) is 20.9. The van der Waals surface area contributed by atoms with Crippen LogP contribution in [0.25, 0.3) is 0 Å². The first-order chi connectivity index (χ1) is 17.1. The summed E-state index contributed by atoms with van der Waals surface area (Å²) in [4.78, 5) is 57.4. The first-order valence-electron chi connectivity index (χ1n) is 12.0. The molecular weight excluding hydrogens is 484 g/mol. The second-order valence-electron chi connectivity index (χ2n) is 9.93. The van der Waals surface area contributed by atoms with E-state index in [2.05, 4.69) is 5.32 Å². The maximum absolute atomic E-state index is 13.6. The number of rotatable bonds is 7. The third-order valence-electron chi connectivity index (χ3n) is 6.71. The summed E-state index contributed by atoms with van der Waals surface area (Å²) >= 11 is 5.81. The lowest BCUT2D eigenvalue weighted by Crippen LogP contribution is -2.53. The number of fused-ring (bicyclic) bond motifs is 1. The summed E-state index contributed by atoms with van der Waals surface area (Å²) in [5.41, 5.74) is 1.41. The highest BCUT2D eigenvalue weighted by Gasteiger charge is 2.52. The van der Waals surface area contributed by atoms with Gasteiger partial charge in [-0.15, -0.1) is 0 Å². The van der Waals surface area contributed by atoms with Crippen LogP contribution in [0.2, 0.25) is 5.22 Å². The van der Waals surface area contributed by atoms with Crippen molar-refractivity contribution in [1.29, 1.82) is 0 Å². The molecule has 9 nitrogen and oxygen atoms in total. The number of Topliss-reactive ketones (excluding diaryl/α,β-unsaturated/α-hetero) is 1. The van der Waals surface area contributed by atoms with Crippen LogP contribution >= 0.6 is 11.6 Å². The predicted molar refractivity (Wildman–Crippen MR) is 135 cm³/mol. The highest BCUT2D eigenvalue weighted by atomic mass is 35.5. The second-order valence-corrected chi connectivity index (χ2v) is 10.3. The van der Waals surface area contributed by atoms with Crippen molar-refractivity contribution in [2.75, 3.05) is 32.1 Å². The van der Waals surface area contributed by atoms with Crippen LogP contribution in [-0.2, 0) is 9.59 Å². The number of anilines is 1. The fraction of sp³-hybridized carbons (Fsp3) is 0.462. The molecule has 2 saturated heterocycles. The monoisotopic (exact) mass is 514 g/mol. The average molecular weight is 515 g/mol. The Balaban J connectivity index is 1.49. The van der Waals surface area contributed by atoms with Crippen molar-refractivity contribution in [1.82, 2.24) is 15.1 Å².